The predicted molar refractivity (Wildman–Crippen MR) is 117 cm³/mol. The Balaban J connectivity index is 0.00000253. The Morgan fingerprint density at radius 2 is 1.84 bits per heavy atom. The van der Waals surface area contributed by atoms with Crippen LogP contribution in [0.3, 0.4) is 0 Å². The molecule has 0 saturated heterocycles. The van der Waals surface area contributed by atoms with Crippen molar-refractivity contribution in [3.8, 4) is 0 Å². The fourth-order valence-corrected chi connectivity index (χ4v) is 9.76. The molecule has 0 bridgehead atoms. The summed E-state index contributed by atoms with van der Waals surface area (Å²) in [6.45, 7) is 3.06. The molecule has 0 radical (unpaired) electrons. The van der Waals surface area contributed by atoms with Gasteiger partial charge in [0.05, 0.1) is 13.9 Å². The summed E-state index contributed by atoms with van der Waals surface area (Å²) in [5.41, 5.74) is -8.15. The second kappa shape index (κ2) is 10.9. The Hall–Kier alpha value is 0.950. The monoisotopic (exact) mass is 598 g/mol. The Bertz CT molecular complexity index is 1190. The SMILES string of the molecule is C[C@@H]1C[C@H]2[C@@H]3CCC4=CC(=O)C[C@@H](S(=O)(=O)O)[C@]4(C)[C@@]3(F)[C@@H](O)C[C@]2(C)[C@@]1(O)C(=O)COP(=O)([O-])[O-].[Na+].[Na+]. The fourth-order valence-electron chi connectivity index (χ4n) is 8.18. The molecule has 38 heavy (non-hydrogen) atoms. The molecule has 16 heteroatoms. The van der Waals surface area contributed by atoms with Crippen LogP contribution in [0.4, 0.5) is 4.39 Å². The third-order valence-corrected chi connectivity index (χ3v) is 11.6. The summed E-state index contributed by atoms with van der Waals surface area (Å²) < 4.78 is 67.2. The molecule has 204 valence electrons. The minimum Gasteiger partial charge on any atom is -0.790 e. The van der Waals surface area contributed by atoms with Gasteiger partial charge in [0.1, 0.15) is 23.1 Å². The molecule has 0 aromatic rings. The first kappa shape index (κ1) is 35.1. The minimum atomic E-state index is -5.52. The summed E-state index contributed by atoms with van der Waals surface area (Å²) in [6.07, 6.45) is -1.64. The number of carbonyl (C=O) groups is 2. The predicted octanol–water partition coefficient (Wildman–Crippen LogP) is -6.15. The molecule has 11 nitrogen and oxygen atoms in total. The topological polar surface area (TPSA) is 201 Å². The summed E-state index contributed by atoms with van der Waals surface area (Å²) in [7, 11) is -10.4. The third kappa shape index (κ3) is 4.88. The molecule has 0 unspecified atom stereocenters. The van der Waals surface area contributed by atoms with Crippen LogP contribution in [0.5, 0.6) is 0 Å². The number of rotatable bonds is 5. The molecule has 9 atom stereocenters. The zero-order chi connectivity index (χ0) is 27.3. The smallest absolute Gasteiger partial charge is 0.790 e. The van der Waals surface area contributed by atoms with Crippen molar-refractivity contribution < 1.29 is 115 Å². The van der Waals surface area contributed by atoms with Gasteiger partial charge < -0.3 is 29.1 Å². The van der Waals surface area contributed by atoms with Crippen molar-refractivity contribution in [2.75, 3.05) is 6.61 Å². The number of phosphoric ester groups is 1. The number of Topliss-reactive ketones (excluding diaryl/α,β-unsaturated/α-hetero) is 1. The number of hydrogen-bond donors (Lipinski definition) is 3. The number of hydrogen-bond acceptors (Lipinski definition) is 10. The van der Waals surface area contributed by atoms with Crippen molar-refractivity contribution in [2.45, 2.75) is 75.5 Å². The summed E-state index contributed by atoms with van der Waals surface area (Å²) in [5, 5.41) is 21.1. The molecule has 4 aliphatic rings. The van der Waals surface area contributed by atoms with Crippen LogP contribution >= 0.6 is 7.82 Å². The molecular weight excluding hydrogens is 568 g/mol. The first-order valence-electron chi connectivity index (χ1n) is 11.7. The minimum absolute atomic E-state index is 0. The molecule has 3 saturated carbocycles. The van der Waals surface area contributed by atoms with E-state index in [4.69, 9.17) is 0 Å². The van der Waals surface area contributed by atoms with Crippen molar-refractivity contribution >= 4 is 29.5 Å². The van der Waals surface area contributed by atoms with E-state index in [0.717, 1.165) is 0 Å². The first-order chi connectivity index (χ1) is 16.2. The number of phosphoric acid groups is 1. The summed E-state index contributed by atoms with van der Waals surface area (Å²) in [4.78, 5) is 47.1. The van der Waals surface area contributed by atoms with Crippen molar-refractivity contribution in [3.05, 3.63) is 11.6 Å². The average Bonchev–Trinajstić information content (AvgIpc) is 2.93. The van der Waals surface area contributed by atoms with Gasteiger partial charge in [0.15, 0.2) is 11.6 Å². The normalized spacial score (nSPS) is 44.5. The van der Waals surface area contributed by atoms with Crippen LogP contribution in [0.15, 0.2) is 11.6 Å². The molecular formula is C22H30FNa2O11PS. The Labute approximate surface area is 264 Å². The number of allylic oxidation sites excluding steroid dienone is 1. The maximum Gasteiger partial charge on any atom is 1.00 e. The van der Waals surface area contributed by atoms with Gasteiger partial charge in [-0.25, -0.2) is 4.39 Å². The zero-order valence-electron chi connectivity index (χ0n) is 22.0. The van der Waals surface area contributed by atoms with Gasteiger partial charge in [-0.3, -0.25) is 14.1 Å². The summed E-state index contributed by atoms with van der Waals surface area (Å²) >= 11 is 0. The largest absolute Gasteiger partial charge is 1.00 e. The van der Waals surface area contributed by atoms with Gasteiger partial charge in [0, 0.05) is 23.2 Å². The Morgan fingerprint density at radius 1 is 1.26 bits per heavy atom. The van der Waals surface area contributed by atoms with Gasteiger partial charge in [-0.05, 0) is 43.6 Å². The summed E-state index contributed by atoms with van der Waals surface area (Å²) in [6, 6.07) is 0. The van der Waals surface area contributed by atoms with E-state index in [1.54, 1.807) is 0 Å². The number of alkyl halides is 1. The van der Waals surface area contributed by atoms with Crippen LogP contribution in [0.1, 0.15) is 52.9 Å². The quantitative estimate of drug-likeness (QED) is 0.154. The van der Waals surface area contributed by atoms with Crippen molar-refractivity contribution in [1.29, 1.82) is 0 Å². The Morgan fingerprint density at radius 3 is 2.37 bits per heavy atom. The van der Waals surface area contributed by atoms with E-state index < -0.39 is 100 Å². The number of aliphatic hydroxyl groups excluding tert-OH is 1. The van der Waals surface area contributed by atoms with Crippen LogP contribution in [0.25, 0.3) is 0 Å². The molecule has 3 fully saturated rings. The van der Waals surface area contributed by atoms with E-state index in [0.29, 0.717) is 0 Å². The molecule has 0 amide bonds. The van der Waals surface area contributed by atoms with E-state index in [1.165, 1.54) is 26.8 Å². The molecule has 4 rings (SSSR count). The van der Waals surface area contributed by atoms with Crippen molar-refractivity contribution in [2.24, 2.45) is 28.6 Å². The standard InChI is InChI=1S/C22H32FO11PS.2Na/c1-11-6-15-14-5-4-12-7-13(24)8-18(36(31,32)33)20(12,3)21(14,23)16(25)9-19(15,2)22(11,27)17(26)10-34-35(28,29)30;;/h7,11,14-16,18,25,27H,4-6,8-10H2,1-3H3,(H2,28,29,30)(H,31,32,33);;/q;2*+1/p-2/t11-,14+,15+,16+,18-,19+,20-,21+,22+;;/m1../s1. The van der Waals surface area contributed by atoms with Gasteiger partial charge >= 0.3 is 59.1 Å². The molecule has 4 aliphatic carbocycles. The van der Waals surface area contributed by atoms with Crippen LogP contribution in [0, 0.1) is 28.6 Å². The fraction of sp³-hybridized carbons (Fsp3) is 0.818. The van der Waals surface area contributed by atoms with E-state index in [2.05, 4.69) is 4.52 Å². The average molecular weight is 598 g/mol. The Kier molecular flexibility index (Phi) is 10.1. The van der Waals surface area contributed by atoms with Crippen LogP contribution in [-0.4, -0.2) is 64.0 Å². The van der Waals surface area contributed by atoms with Crippen LogP contribution in [-0.2, 0) is 28.8 Å². The van der Waals surface area contributed by atoms with Gasteiger partial charge in [-0.15, -0.1) is 0 Å². The molecule has 0 aromatic heterocycles. The number of halogens is 1. The van der Waals surface area contributed by atoms with Crippen LogP contribution < -0.4 is 68.9 Å². The maximum absolute atomic E-state index is 17.4. The van der Waals surface area contributed by atoms with Gasteiger partial charge in [0.25, 0.3) is 10.1 Å². The second-order valence-electron chi connectivity index (χ2n) is 11.3. The molecule has 0 heterocycles. The molecule has 0 aliphatic heterocycles. The van der Waals surface area contributed by atoms with E-state index in [-0.39, 0.29) is 84.0 Å². The summed E-state index contributed by atoms with van der Waals surface area (Å²) in [5.74, 6) is -4.34. The van der Waals surface area contributed by atoms with E-state index in [9.17, 15) is 47.1 Å². The van der Waals surface area contributed by atoms with Crippen molar-refractivity contribution in [3.63, 3.8) is 0 Å². The van der Waals surface area contributed by atoms with Crippen molar-refractivity contribution in [1.82, 2.24) is 0 Å². The number of aliphatic hydroxyl groups is 2. The van der Waals surface area contributed by atoms with Gasteiger partial charge in [-0.2, -0.15) is 8.42 Å². The number of ketones is 2. The molecule has 0 spiro atoms. The maximum atomic E-state index is 17.4. The van der Waals surface area contributed by atoms with Gasteiger partial charge in [-0.1, -0.05) is 26.3 Å². The first-order valence-corrected chi connectivity index (χ1v) is 14.7. The van der Waals surface area contributed by atoms with Gasteiger partial charge in [0.2, 0.25) is 0 Å². The zero-order valence-corrected chi connectivity index (χ0v) is 27.8. The van der Waals surface area contributed by atoms with E-state index >= 15 is 4.39 Å². The third-order valence-electron chi connectivity index (χ3n) is 9.83. The molecule has 3 N–H and O–H groups in total. The van der Waals surface area contributed by atoms with Crippen LogP contribution in [0.2, 0.25) is 0 Å². The van der Waals surface area contributed by atoms with E-state index in [1.807, 2.05) is 0 Å². The number of carbonyl (C=O) groups excluding carboxylic acids is 2. The number of fused-ring (bicyclic) bond motifs is 5. The molecule has 0 aromatic carbocycles. The second-order valence-corrected chi connectivity index (χ2v) is 14.0.